The molecule has 1 aliphatic rings. The van der Waals surface area contributed by atoms with Crippen LogP contribution in [0.2, 0.25) is 5.02 Å². The van der Waals surface area contributed by atoms with Gasteiger partial charge in [-0.15, -0.1) is 6.42 Å². The van der Waals surface area contributed by atoms with E-state index >= 15 is 0 Å². The minimum atomic E-state index is -0.254. The van der Waals surface area contributed by atoms with Crippen molar-refractivity contribution in [3.05, 3.63) is 34.6 Å². The molecule has 1 saturated carbocycles. The first-order valence-electron chi connectivity index (χ1n) is 5.32. The second-order valence-corrected chi connectivity index (χ2v) is 4.45. The van der Waals surface area contributed by atoms with Crippen LogP contribution in [0.3, 0.4) is 0 Å². The molecule has 0 spiro atoms. The Morgan fingerprint density at radius 2 is 2.25 bits per heavy atom. The van der Waals surface area contributed by atoms with E-state index in [0.29, 0.717) is 29.7 Å². The van der Waals surface area contributed by atoms with Crippen LogP contribution in [0.5, 0.6) is 0 Å². The van der Waals surface area contributed by atoms with Crippen molar-refractivity contribution >= 4 is 11.6 Å². The van der Waals surface area contributed by atoms with Crippen LogP contribution < -0.4 is 0 Å². The zero-order valence-corrected chi connectivity index (χ0v) is 9.67. The molecule has 0 unspecified atom stereocenters. The van der Waals surface area contributed by atoms with Crippen LogP contribution in [-0.4, -0.2) is 17.5 Å². The number of rotatable bonds is 4. The van der Waals surface area contributed by atoms with Crippen molar-refractivity contribution < 1.29 is 4.39 Å². The second kappa shape index (κ2) is 4.86. The van der Waals surface area contributed by atoms with Gasteiger partial charge in [0, 0.05) is 23.2 Å². The first kappa shape index (κ1) is 11.4. The Kier molecular flexibility index (Phi) is 3.48. The van der Waals surface area contributed by atoms with Crippen molar-refractivity contribution in [3.63, 3.8) is 0 Å². The molecule has 1 aromatic rings. The van der Waals surface area contributed by atoms with E-state index < -0.39 is 0 Å². The number of benzene rings is 1. The first-order valence-corrected chi connectivity index (χ1v) is 5.70. The number of hydrogen-bond acceptors (Lipinski definition) is 1. The molecule has 3 heteroatoms. The molecule has 0 aromatic heterocycles. The molecule has 1 nitrogen and oxygen atoms in total. The van der Waals surface area contributed by atoms with Crippen LogP contribution in [-0.2, 0) is 6.54 Å². The topological polar surface area (TPSA) is 3.24 Å². The van der Waals surface area contributed by atoms with E-state index in [1.165, 1.54) is 6.07 Å². The predicted molar refractivity (Wildman–Crippen MR) is 63.7 cm³/mol. The van der Waals surface area contributed by atoms with E-state index in [4.69, 9.17) is 18.0 Å². The van der Waals surface area contributed by atoms with E-state index in [1.807, 2.05) is 0 Å². The zero-order valence-electron chi connectivity index (χ0n) is 8.92. The summed E-state index contributed by atoms with van der Waals surface area (Å²) in [6.07, 6.45) is 7.60. The Bertz CT molecular complexity index is 400. The third-order valence-corrected chi connectivity index (χ3v) is 3.13. The van der Waals surface area contributed by atoms with Crippen LogP contribution in [0.25, 0.3) is 0 Å². The van der Waals surface area contributed by atoms with Crippen molar-refractivity contribution in [1.29, 1.82) is 0 Å². The van der Waals surface area contributed by atoms with E-state index in [9.17, 15) is 4.39 Å². The summed E-state index contributed by atoms with van der Waals surface area (Å²) in [4.78, 5) is 2.10. The highest BCUT2D eigenvalue weighted by atomic mass is 35.5. The molecule has 84 valence electrons. The van der Waals surface area contributed by atoms with Crippen LogP contribution in [0.4, 0.5) is 4.39 Å². The van der Waals surface area contributed by atoms with Gasteiger partial charge in [-0.25, -0.2) is 4.39 Å². The number of halogens is 2. The van der Waals surface area contributed by atoms with Gasteiger partial charge in [0.1, 0.15) is 5.82 Å². The Morgan fingerprint density at radius 3 is 2.81 bits per heavy atom. The highest BCUT2D eigenvalue weighted by molar-refractivity contribution is 6.31. The minimum absolute atomic E-state index is 0.254. The Hall–Kier alpha value is -1.04. The summed E-state index contributed by atoms with van der Waals surface area (Å²) in [5.41, 5.74) is 0.548. The SMILES string of the molecule is C#CCN(Cc1c(F)cccc1Cl)C1CC1. The molecule has 16 heavy (non-hydrogen) atoms. The van der Waals surface area contributed by atoms with Gasteiger partial charge in [-0.05, 0) is 25.0 Å². The van der Waals surface area contributed by atoms with E-state index in [1.54, 1.807) is 12.1 Å². The van der Waals surface area contributed by atoms with Gasteiger partial charge in [-0.1, -0.05) is 23.6 Å². The maximum Gasteiger partial charge on any atom is 0.129 e. The van der Waals surface area contributed by atoms with E-state index in [2.05, 4.69) is 10.8 Å². The predicted octanol–water partition coefficient (Wildman–Crippen LogP) is 3.08. The lowest BCUT2D eigenvalue weighted by atomic mass is 10.2. The smallest absolute Gasteiger partial charge is 0.129 e. The molecule has 0 bridgehead atoms. The monoisotopic (exact) mass is 237 g/mol. The normalized spacial score (nSPS) is 15.1. The van der Waals surface area contributed by atoms with E-state index in [-0.39, 0.29) is 5.82 Å². The van der Waals surface area contributed by atoms with Gasteiger partial charge in [0.05, 0.1) is 6.54 Å². The summed E-state index contributed by atoms with van der Waals surface area (Å²) in [5.74, 6) is 2.35. The van der Waals surface area contributed by atoms with Gasteiger partial charge < -0.3 is 0 Å². The van der Waals surface area contributed by atoms with Crippen LogP contribution in [0, 0.1) is 18.2 Å². The Morgan fingerprint density at radius 1 is 1.50 bits per heavy atom. The highest BCUT2D eigenvalue weighted by Crippen LogP contribution is 2.30. The summed E-state index contributed by atoms with van der Waals surface area (Å²) in [6, 6.07) is 5.26. The lowest BCUT2D eigenvalue weighted by Gasteiger charge is -2.20. The lowest BCUT2D eigenvalue weighted by molar-refractivity contribution is 0.284. The van der Waals surface area contributed by atoms with Crippen molar-refractivity contribution in [2.45, 2.75) is 25.4 Å². The molecule has 1 fully saturated rings. The molecule has 1 aliphatic carbocycles. The van der Waals surface area contributed by atoms with Gasteiger partial charge in [-0.3, -0.25) is 4.90 Å². The van der Waals surface area contributed by atoms with Crippen LogP contribution in [0.1, 0.15) is 18.4 Å². The molecule has 1 aromatic carbocycles. The largest absolute Gasteiger partial charge is 0.285 e. The average Bonchev–Trinajstić information content (AvgIpc) is 3.06. The van der Waals surface area contributed by atoms with Gasteiger partial charge in [0.15, 0.2) is 0 Å². The van der Waals surface area contributed by atoms with E-state index in [0.717, 1.165) is 12.8 Å². The molecule has 0 radical (unpaired) electrons. The quantitative estimate of drug-likeness (QED) is 0.728. The standard InChI is InChI=1S/C13H13ClFN/c1-2-8-16(10-6-7-10)9-11-12(14)4-3-5-13(11)15/h1,3-5,10H,6-9H2. The molecule has 2 rings (SSSR count). The van der Waals surface area contributed by atoms with Gasteiger partial charge in [0.2, 0.25) is 0 Å². The fourth-order valence-electron chi connectivity index (χ4n) is 1.76. The zero-order chi connectivity index (χ0) is 11.5. The maximum atomic E-state index is 13.6. The summed E-state index contributed by atoms with van der Waals surface area (Å²) in [5, 5.41) is 0.475. The van der Waals surface area contributed by atoms with Crippen molar-refractivity contribution in [1.82, 2.24) is 4.90 Å². The molecule has 0 aliphatic heterocycles. The average molecular weight is 238 g/mol. The third kappa shape index (κ3) is 2.55. The Labute approximate surface area is 100 Å². The minimum Gasteiger partial charge on any atom is -0.285 e. The van der Waals surface area contributed by atoms with Crippen LogP contribution >= 0.6 is 11.6 Å². The van der Waals surface area contributed by atoms with Crippen molar-refractivity contribution in [2.24, 2.45) is 0 Å². The number of terminal acetylenes is 1. The van der Waals surface area contributed by atoms with Gasteiger partial charge in [-0.2, -0.15) is 0 Å². The number of hydrogen-bond donors (Lipinski definition) is 0. The van der Waals surface area contributed by atoms with Crippen molar-refractivity contribution in [3.8, 4) is 12.3 Å². The maximum absolute atomic E-state index is 13.6. The highest BCUT2D eigenvalue weighted by Gasteiger charge is 2.29. The fourth-order valence-corrected chi connectivity index (χ4v) is 1.98. The summed E-state index contributed by atoms with van der Waals surface area (Å²) < 4.78 is 13.6. The summed E-state index contributed by atoms with van der Waals surface area (Å²) in [7, 11) is 0. The first-order chi connectivity index (χ1) is 7.72. The molecular weight excluding hydrogens is 225 g/mol. The van der Waals surface area contributed by atoms with Crippen molar-refractivity contribution in [2.75, 3.05) is 6.54 Å². The lowest BCUT2D eigenvalue weighted by Crippen LogP contribution is -2.26. The molecule has 0 atom stereocenters. The number of nitrogens with zero attached hydrogens (tertiary/aromatic N) is 1. The Balaban J connectivity index is 2.15. The van der Waals surface area contributed by atoms with Gasteiger partial charge in [0.25, 0.3) is 0 Å². The third-order valence-electron chi connectivity index (χ3n) is 2.78. The fraction of sp³-hybridized carbons (Fsp3) is 0.385. The van der Waals surface area contributed by atoms with Crippen LogP contribution in [0.15, 0.2) is 18.2 Å². The summed E-state index contributed by atoms with van der Waals surface area (Å²) >= 11 is 5.98. The van der Waals surface area contributed by atoms with Gasteiger partial charge >= 0.3 is 0 Å². The molecular formula is C13H13ClFN. The molecule has 0 amide bonds. The molecule has 0 heterocycles. The molecule has 0 N–H and O–H groups in total. The summed E-state index contributed by atoms with van der Waals surface area (Å²) in [6.45, 7) is 1.05. The second-order valence-electron chi connectivity index (χ2n) is 4.04. The molecule has 0 saturated heterocycles.